The molecule has 5 aromatic rings. The number of halogens is 3. The zero-order chi connectivity index (χ0) is 28.5. The lowest BCUT2D eigenvalue weighted by Gasteiger charge is -2.19. The average molecular weight is 540 g/mol. The SMILES string of the molecule is CC(C)(C)c1ccc(COc2cccc(-c3c(-c4ccccc4C=O)cnc4c(C(F)(F)F)cccc34)c2)cc1. The number of fused-ring (bicyclic) bond motifs is 1. The third kappa shape index (κ3) is 5.48. The van der Waals surface area contributed by atoms with Crippen LogP contribution in [0.5, 0.6) is 5.75 Å². The van der Waals surface area contributed by atoms with Crippen LogP contribution in [0.25, 0.3) is 33.2 Å². The van der Waals surface area contributed by atoms with E-state index in [1.54, 1.807) is 30.3 Å². The van der Waals surface area contributed by atoms with Crippen LogP contribution in [-0.4, -0.2) is 11.3 Å². The normalized spacial score (nSPS) is 11.9. The molecule has 0 bridgehead atoms. The highest BCUT2D eigenvalue weighted by Gasteiger charge is 2.34. The summed E-state index contributed by atoms with van der Waals surface area (Å²) in [6.07, 6.45) is -2.42. The van der Waals surface area contributed by atoms with Crippen LogP contribution in [-0.2, 0) is 18.2 Å². The number of aldehydes is 1. The van der Waals surface area contributed by atoms with Gasteiger partial charge in [0.15, 0.2) is 6.29 Å². The monoisotopic (exact) mass is 539 g/mol. The predicted octanol–water partition coefficient (Wildman–Crippen LogP) is 9.28. The molecule has 0 N–H and O–H groups in total. The highest BCUT2D eigenvalue weighted by atomic mass is 19.4. The Kier molecular flexibility index (Phi) is 7.19. The first kappa shape index (κ1) is 27.1. The van der Waals surface area contributed by atoms with Gasteiger partial charge in [-0.15, -0.1) is 0 Å². The number of rotatable bonds is 6. The molecule has 1 heterocycles. The fourth-order valence-corrected chi connectivity index (χ4v) is 4.82. The zero-order valence-electron chi connectivity index (χ0n) is 22.4. The summed E-state index contributed by atoms with van der Waals surface area (Å²) < 4.78 is 47.8. The van der Waals surface area contributed by atoms with Crippen LogP contribution in [0, 0.1) is 0 Å². The first-order valence-electron chi connectivity index (χ1n) is 12.9. The summed E-state index contributed by atoms with van der Waals surface area (Å²) in [7, 11) is 0. The van der Waals surface area contributed by atoms with Gasteiger partial charge in [0.2, 0.25) is 0 Å². The van der Waals surface area contributed by atoms with Crippen molar-refractivity contribution in [1.82, 2.24) is 4.98 Å². The second-order valence-corrected chi connectivity index (χ2v) is 10.7. The Labute approximate surface area is 231 Å². The highest BCUT2D eigenvalue weighted by Crippen LogP contribution is 2.42. The molecular weight excluding hydrogens is 511 g/mol. The molecule has 0 atom stereocenters. The summed E-state index contributed by atoms with van der Waals surface area (Å²) >= 11 is 0. The lowest BCUT2D eigenvalue weighted by Crippen LogP contribution is -2.10. The molecule has 5 rings (SSSR count). The van der Waals surface area contributed by atoms with Gasteiger partial charge in [-0.2, -0.15) is 13.2 Å². The number of pyridine rings is 1. The molecule has 6 heteroatoms. The van der Waals surface area contributed by atoms with Crippen molar-refractivity contribution >= 4 is 17.2 Å². The minimum atomic E-state index is -4.57. The molecule has 0 fully saturated rings. The van der Waals surface area contributed by atoms with Gasteiger partial charge in [-0.3, -0.25) is 9.78 Å². The van der Waals surface area contributed by atoms with E-state index in [-0.39, 0.29) is 10.9 Å². The summed E-state index contributed by atoms with van der Waals surface area (Å²) in [5.41, 5.74) is 4.08. The molecule has 202 valence electrons. The van der Waals surface area contributed by atoms with Crippen molar-refractivity contribution in [3.05, 3.63) is 119 Å². The number of hydrogen-bond acceptors (Lipinski definition) is 3. The van der Waals surface area contributed by atoms with Gasteiger partial charge in [-0.05, 0) is 45.9 Å². The van der Waals surface area contributed by atoms with E-state index in [0.29, 0.717) is 45.6 Å². The average Bonchev–Trinajstić information content (AvgIpc) is 2.94. The van der Waals surface area contributed by atoms with Gasteiger partial charge in [0.1, 0.15) is 12.4 Å². The standard InChI is InChI=1S/C34H28F3NO2/c1-33(2,3)25-16-14-22(15-17-25)21-40-26-10-6-9-23(18-26)31-28-12-7-13-30(34(35,36)37)32(28)38-19-29(31)27-11-5-4-8-24(27)20-39/h4-20H,21H2,1-3H3. The lowest BCUT2D eigenvalue weighted by molar-refractivity contribution is -0.136. The molecule has 40 heavy (non-hydrogen) atoms. The van der Waals surface area contributed by atoms with E-state index in [1.165, 1.54) is 17.8 Å². The number of hydrogen-bond donors (Lipinski definition) is 0. The molecule has 1 aromatic heterocycles. The van der Waals surface area contributed by atoms with Crippen LogP contribution in [0.3, 0.4) is 0 Å². The van der Waals surface area contributed by atoms with Crippen molar-refractivity contribution in [2.75, 3.05) is 0 Å². The second kappa shape index (κ2) is 10.6. The number of carbonyl (C=O) groups is 1. The van der Waals surface area contributed by atoms with Crippen molar-refractivity contribution in [2.45, 2.75) is 39.0 Å². The van der Waals surface area contributed by atoms with E-state index in [2.05, 4.69) is 37.9 Å². The molecule has 0 aliphatic rings. The van der Waals surface area contributed by atoms with Crippen LogP contribution < -0.4 is 4.74 Å². The van der Waals surface area contributed by atoms with Crippen molar-refractivity contribution < 1.29 is 22.7 Å². The van der Waals surface area contributed by atoms with Gasteiger partial charge in [-0.1, -0.05) is 93.6 Å². The van der Waals surface area contributed by atoms with E-state index in [9.17, 15) is 18.0 Å². The summed E-state index contributed by atoms with van der Waals surface area (Å²) in [4.78, 5) is 16.1. The van der Waals surface area contributed by atoms with Crippen LogP contribution in [0.2, 0.25) is 0 Å². The summed E-state index contributed by atoms with van der Waals surface area (Å²) in [6, 6.07) is 26.5. The first-order chi connectivity index (χ1) is 19.1. The van der Waals surface area contributed by atoms with Crippen LogP contribution >= 0.6 is 0 Å². The fourth-order valence-electron chi connectivity index (χ4n) is 4.82. The quantitative estimate of drug-likeness (QED) is 0.202. The van der Waals surface area contributed by atoms with Crippen molar-refractivity contribution in [2.24, 2.45) is 0 Å². The summed E-state index contributed by atoms with van der Waals surface area (Å²) in [6.45, 7) is 6.81. The van der Waals surface area contributed by atoms with Gasteiger partial charge in [0.25, 0.3) is 0 Å². The highest BCUT2D eigenvalue weighted by molar-refractivity contribution is 6.05. The Hall–Kier alpha value is -4.45. The Balaban J connectivity index is 1.61. The molecule has 0 amide bonds. The smallest absolute Gasteiger partial charge is 0.418 e. The van der Waals surface area contributed by atoms with Crippen LogP contribution in [0.4, 0.5) is 13.2 Å². The lowest BCUT2D eigenvalue weighted by atomic mass is 9.87. The molecule has 0 unspecified atom stereocenters. The maximum absolute atomic E-state index is 13.9. The van der Waals surface area contributed by atoms with Gasteiger partial charge in [0, 0.05) is 28.3 Å². The maximum atomic E-state index is 13.9. The largest absolute Gasteiger partial charge is 0.489 e. The number of nitrogens with zero attached hydrogens (tertiary/aromatic N) is 1. The number of alkyl halides is 3. The number of ether oxygens (including phenoxy) is 1. The molecule has 0 saturated carbocycles. The van der Waals surface area contributed by atoms with Gasteiger partial charge in [0.05, 0.1) is 11.1 Å². The third-order valence-electron chi connectivity index (χ3n) is 6.93. The summed E-state index contributed by atoms with van der Waals surface area (Å²) in [5.74, 6) is 0.573. The Morgan fingerprint density at radius 2 is 1.55 bits per heavy atom. The van der Waals surface area contributed by atoms with E-state index in [4.69, 9.17) is 4.74 Å². The maximum Gasteiger partial charge on any atom is 0.418 e. The molecule has 0 spiro atoms. The van der Waals surface area contributed by atoms with E-state index < -0.39 is 11.7 Å². The molecular formula is C34H28F3NO2. The minimum absolute atomic E-state index is 0.0488. The second-order valence-electron chi connectivity index (χ2n) is 10.7. The van der Waals surface area contributed by atoms with E-state index in [0.717, 1.165) is 17.9 Å². The molecule has 0 radical (unpaired) electrons. The number of carbonyl (C=O) groups excluding carboxylic acids is 1. The van der Waals surface area contributed by atoms with E-state index >= 15 is 0 Å². The van der Waals surface area contributed by atoms with Crippen LogP contribution in [0.15, 0.2) is 97.2 Å². The van der Waals surface area contributed by atoms with Crippen LogP contribution in [0.1, 0.15) is 47.8 Å². The Morgan fingerprint density at radius 3 is 2.25 bits per heavy atom. The Bertz CT molecular complexity index is 1680. The number of para-hydroxylation sites is 1. The van der Waals surface area contributed by atoms with Crippen molar-refractivity contribution in [1.29, 1.82) is 0 Å². The van der Waals surface area contributed by atoms with Crippen molar-refractivity contribution in [3.63, 3.8) is 0 Å². The molecule has 4 aromatic carbocycles. The number of benzene rings is 4. The predicted molar refractivity (Wildman–Crippen MR) is 152 cm³/mol. The molecule has 0 aliphatic heterocycles. The molecule has 0 saturated heterocycles. The first-order valence-corrected chi connectivity index (χ1v) is 12.9. The van der Waals surface area contributed by atoms with E-state index in [1.807, 2.05) is 36.4 Å². The summed E-state index contributed by atoms with van der Waals surface area (Å²) in [5, 5.41) is 0.336. The van der Waals surface area contributed by atoms with Gasteiger partial charge >= 0.3 is 6.18 Å². The Morgan fingerprint density at radius 1 is 0.825 bits per heavy atom. The molecule has 0 aliphatic carbocycles. The zero-order valence-corrected chi connectivity index (χ0v) is 22.4. The fraction of sp³-hybridized carbons (Fsp3) is 0.176. The van der Waals surface area contributed by atoms with Crippen molar-refractivity contribution in [3.8, 4) is 28.0 Å². The molecule has 3 nitrogen and oxygen atoms in total. The van der Waals surface area contributed by atoms with Gasteiger partial charge in [-0.25, -0.2) is 0 Å². The minimum Gasteiger partial charge on any atom is -0.489 e. The number of aromatic nitrogens is 1. The third-order valence-corrected chi connectivity index (χ3v) is 6.93. The topological polar surface area (TPSA) is 39.2 Å². The van der Waals surface area contributed by atoms with Gasteiger partial charge < -0.3 is 4.74 Å².